The van der Waals surface area contributed by atoms with Crippen LogP contribution in [0, 0.1) is 0 Å². The van der Waals surface area contributed by atoms with Gasteiger partial charge in [0, 0.05) is 25.2 Å². The summed E-state index contributed by atoms with van der Waals surface area (Å²) < 4.78 is 5.28. The van der Waals surface area contributed by atoms with Crippen molar-refractivity contribution < 1.29 is 9.53 Å². The standard InChI is InChI=1S/C15H17ClN2O2/c1-15(2,20-3)9-18-14(19)12-8-17-13(16)11-7-5-4-6-10(11)12/h4-8H,9H2,1-3H3,(H,18,19). The van der Waals surface area contributed by atoms with Crippen molar-refractivity contribution in [2.75, 3.05) is 13.7 Å². The van der Waals surface area contributed by atoms with Crippen LogP contribution in [0.4, 0.5) is 0 Å². The van der Waals surface area contributed by atoms with Gasteiger partial charge in [-0.2, -0.15) is 0 Å². The van der Waals surface area contributed by atoms with Crippen LogP contribution in [0.25, 0.3) is 10.8 Å². The highest BCUT2D eigenvalue weighted by Crippen LogP contribution is 2.24. The van der Waals surface area contributed by atoms with Crippen LogP contribution in [0.2, 0.25) is 5.15 Å². The van der Waals surface area contributed by atoms with Gasteiger partial charge in [0.05, 0.1) is 11.2 Å². The molecule has 0 fully saturated rings. The Morgan fingerprint density at radius 3 is 2.65 bits per heavy atom. The summed E-state index contributed by atoms with van der Waals surface area (Å²) in [5.74, 6) is -0.185. The third-order valence-electron chi connectivity index (χ3n) is 3.22. The smallest absolute Gasteiger partial charge is 0.253 e. The van der Waals surface area contributed by atoms with E-state index in [-0.39, 0.29) is 5.91 Å². The summed E-state index contributed by atoms with van der Waals surface area (Å²) in [6, 6.07) is 7.44. The van der Waals surface area contributed by atoms with Crippen molar-refractivity contribution in [1.82, 2.24) is 10.3 Å². The van der Waals surface area contributed by atoms with Gasteiger partial charge in [-0.3, -0.25) is 4.79 Å². The van der Waals surface area contributed by atoms with E-state index in [0.717, 1.165) is 10.8 Å². The van der Waals surface area contributed by atoms with Gasteiger partial charge in [0.25, 0.3) is 5.91 Å². The molecule has 0 aliphatic rings. The fourth-order valence-corrected chi connectivity index (χ4v) is 2.01. The third-order valence-corrected chi connectivity index (χ3v) is 3.52. The molecule has 0 bridgehead atoms. The first-order chi connectivity index (χ1) is 9.44. The minimum Gasteiger partial charge on any atom is -0.377 e. The van der Waals surface area contributed by atoms with E-state index < -0.39 is 5.60 Å². The second kappa shape index (κ2) is 5.77. The predicted molar refractivity (Wildman–Crippen MR) is 80.2 cm³/mol. The fourth-order valence-electron chi connectivity index (χ4n) is 1.80. The summed E-state index contributed by atoms with van der Waals surface area (Å²) in [7, 11) is 1.62. The number of carbonyl (C=O) groups excluding carboxylic acids is 1. The second-order valence-electron chi connectivity index (χ2n) is 5.15. The number of rotatable bonds is 4. The largest absolute Gasteiger partial charge is 0.377 e. The lowest BCUT2D eigenvalue weighted by Gasteiger charge is -2.23. The summed E-state index contributed by atoms with van der Waals surface area (Å²) in [4.78, 5) is 16.3. The van der Waals surface area contributed by atoms with Crippen LogP contribution >= 0.6 is 11.6 Å². The number of pyridine rings is 1. The first kappa shape index (κ1) is 14.8. The molecule has 2 aromatic rings. The monoisotopic (exact) mass is 292 g/mol. The maximum atomic E-state index is 12.3. The Kier molecular flexibility index (Phi) is 4.26. The molecule has 1 amide bonds. The number of ether oxygens (including phenoxy) is 1. The van der Waals surface area contributed by atoms with Gasteiger partial charge in [-0.05, 0) is 19.2 Å². The van der Waals surface area contributed by atoms with Crippen LogP contribution in [-0.4, -0.2) is 30.1 Å². The molecule has 1 aromatic carbocycles. The number of hydrogen-bond acceptors (Lipinski definition) is 3. The zero-order valence-corrected chi connectivity index (χ0v) is 12.5. The van der Waals surface area contributed by atoms with E-state index in [9.17, 15) is 4.79 Å². The molecule has 4 nitrogen and oxygen atoms in total. The highest BCUT2D eigenvalue weighted by molar-refractivity contribution is 6.34. The molecule has 1 aromatic heterocycles. The molecule has 0 aliphatic carbocycles. The normalized spacial score (nSPS) is 11.6. The lowest BCUT2D eigenvalue weighted by atomic mass is 10.1. The topological polar surface area (TPSA) is 51.2 Å². The molecule has 5 heteroatoms. The van der Waals surface area contributed by atoms with Crippen molar-refractivity contribution >= 4 is 28.3 Å². The van der Waals surface area contributed by atoms with Crippen LogP contribution in [0.1, 0.15) is 24.2 Å². The highest BCUT2D eigenvalue weighted by atomic mass is 35.5. The van der Waals surface area contributed by atoms with E-state index in [4.69, 9.17) is 16.3 Å². The Labute approximate surface area is 123 Å². The number of amides is 1. The van der Waals surface area contributed by atoms with Crippen LogP contribution in [-0.2, 0) is 4.74 Å². The van der Waals surface area contributed by atoms with Crippen molar-refractivity contribution in [2.45, 2.75) is 19.4 Å². The van der Waals surface area contributed by atoms with Gasteiger partial charge in [0.1, 0.15) is 5.15 Å². The molecule has 0 spiro atoms. The zero-order valence-electron chi connectivity index (χ0n) is 11.7. The predicted octanol–water partition coefficient (Wildman–Crippen LogP) is 3.04. The van der Waals surface area contributed by atoms with Crippen LogP contribution in [0.3, 0.4) is 0 Å². The minimum absolute atomic E-state index is 0.185. The molecule has 1 heterocycles. The number of aromatic nitrogens is 1. The number of benzene rings is 1. The van der Waals surface area contributed by atoms with Crippen molar-refractivity contribution in [2.24, 2.45) is 0 Å². The molecule has 0 aliphatic heterocycles. The number of hydrogen-bond donors (Lipinski definition) is 1. The number of nitrogens with zero attached hydrogens (tertiary/aromatic N) is 1. The van der Waals surface area contributed by atoms with E-state index in [1.165, 1.54) is 6.20 Å². The molecule has 0 unspecified atom stereocenters. The second-order valence-corrected chi connectivity index (χ2v) is 5.51. The molecule has 20 heavy (non-hydrogen) atoms. The number of fused-ring (bicyclic) bond motifs is 1. The minimum atomic E-state index is -0.411. The molecule has 1 N–H and O–H groups in total. The molecular weight excluding hydrogens is 276 g/mol. The molecule has 0 saturated heterocycles. The summed E-state index contributed by atoms with van der Waals surface area (Å²) in [5.41, 5.74) is 0.0996. The molecule has 2 rings (SSSR count). The molecule has 106 valence electrons. The lowest BCUT2D eigenvalue weighted by molar-refractivity contribution is 0.0229. The van der Waals surface area contributed by atoms with E-state index in [0.29, 0.717) is 17.3 Å². The van der Waals surface area contributed by atoms with Crippen molar-refractivity contribution in [1.29, 1.82) is 0 Å². The van der Waals surface area contributed by atoms with Crippen molar-refractivity contribution in [3.63, 3.8) is 0 Å². The van der Waals surface area contributed by atoms with E-state index in [1.807, 2.05) is 38.1 Å². The average Bonchev–Trinajstić information content (AvgIpc) is 2.46. The van der Waals surface area contributed by atoms with Crippen LogP contribution in [0.5, 0.6) is 0 Å². The Morgan fingerprint density at radius 1 is 1.35 bits per heavy atom. The quantitative estimate of drug-likeness (QED) is 0.881. The fraction of sp³-hybridized carbons (Fsp3) is 0.333. The van der Waals surface area contributed by atoms with Gasteiger partial charge >= 0.3 is 0 Å². The third kappa shape index (κ3) is 3.08. The Bertz CT molecular complexity index is 641. The summed E-state index contributed by atoms with van der Waals surface area (Å²) in [5, 5.41) is 4.82. The van der Waals surface area contributed by atoms with Gasteiger partial charge in [-0.15, -0.1) is 0 Å². The summed E-state index contributed by atoms with van der Waals surface area (Å²) >= 11 is 6.04. The summed E-state index contributed by atoms with van der Waals surface area (Å²) in [6.45, 7) is 4.23. The van der Waals surface area contributed by atoms with Gasteiger partial charge in [0.2, 0.25) is 0 Å². The molecule has 0 radical (unpaired) electrons. The number of methoxy groups -OCH3 is 1. The van der Waals surface area contributed by atoms with Crippen LogP contribution < -0.4 is 5.32 Å². The average molecular weight is 293 g/mol. The first-order valence-corrected chi connectivity index (χ1v) is 6.69. The number of carbonyl (C=O) groups is 1. The molecule has 0 saturated carbocycles. The van der Waals surface area contributed by atoms with Crippen LogP contribution in [0.15, 0.2) is 30.5 Å². The van der Waals surface area contributed by atoms with Gasteiger partial charge in [0.15, 0.2) is 0 Å². The Hall–Kier alpha value is -1.65. The van der Waals surface area contributed by atoms with Crippen molar-refractivity contribution in [3.05, 3.63) is 41.2 Å². The van der Waals surface area contributed by atoms with E-state index >= 15 is 0 Å². The first-order valence-electron chi connectivity index (χ1n) is 6.31. The van der Waals surface area contributed by atoms with E-state index in [2.05, 4.69) is 10.3 Å². The maximum Gasteiger partial charge on any atom is 0.253 e. The Balaban J connectivity index is 2.29. The summed E-state index contributed by atoms with van der Waals surface area (Å²) in [6.07, 6.45) is 1.50. The number of halogens is 1. The van der Waals surface area contributed by atoms with Gasteiger partial charge in [-0.1, -0.05) is 35.9 Å². The molecular formula is C15H17ClN2O2. The van der Waals surface area contributed by atoms with E-state index in [1.54, 1.807) is 7.11 Å². The van der Waals surface area contributed by atoms with Gasteiger partial charge in [-0.25, -0.2) is 4.98 Å². The lowest BCUT2D eigenvalue weighted by Crippen LogP contribution is -2.39. The molecule has 0 atom stereocenters. The maximum absolute atomic E-state index is 12.3. The number of nitrogens with one attached hydrogen (secondary N) is 1. The Morgan fingerprint density at radius 2 is 2.00 bits per heavy atom. The SMILES string of the molecule is COC(C)(C)CNC(=O)c1cnc(Cl)c2ccccc12. The van der Waals surface area contributed by atoms with Gasteiger partial charge < -0.3 is 10.1 Å². The van der Waals surface area contributed by atoms with Crippen molar-refractivity contribution in [3.8, 4) is 0 Å². The zero-order chi connectivity index (χ0) is 14.8. The highest BCUT2D eigenvalue weighted by Gasteiger charge is 2.19.